The number of rotatable bonds is 4. The zero-order chi connectivity index (χ0) is 13.0. The molecule has 0 heterocycles. The molecule has 0 aliphatic carbocycles. The van der Waals surface area contributed by atoms with Crippen LogP contribution in [0.25, 0.3) is 11.1 Å². The van der Waals surface area contributed by atoms with Crippen LogP contribution in [-0.2, 0) is 6.54 Å². The molecule has 0 N–H and O–H groups in total. The van der Waals surface area contributed by atoms with E-state index in [1.165, 1.54) is 22.3 Å². The maximum atomic E-state index is 2.31. The van der Waals surface area contributed by atoms with Gasteiger partial charge in [-0.2, -0.15) is 0 Å². The highest BCUT2D eigenvalue weighted by molar-refractivity contribution is 5.64. The van der Waals surface area contributed by atoms with Gasteiger partial charge in [0.25, 0.3) is 0 Å². The van der Waals surface area contributed by atoms with E-state index in [-0.39, 0.29) is 0 Å². The summed E-state index contributed by atoms with van der Waals surface area (Å²) in [6, 6.07) is 17.5. The lowest BCUT2D eigenvalue weighted by molar-refractivity contribution is 0.346. The van der Waals surface area contributed by atoms with Gasteiger partial charge in [0.15, 0.2) is 0 Å². The van der Waals surface area contributed by atoms with Crippen molar-refractivity contribution in [3.05, 3.63) is 59.7 Å². The minimum absolute atomic E-state index is 1.01. The van der Waals surface area contributed by atoms with Gasteiger partial charge in [0.1, 0.15) is 0 Å². The van der Waals surface area contributed by atoms with Crippen LogP contribution in [0, 0.1) is 6.92 Å². The third kappa shape index (κ3) is 3.21. The van der Waals surface area contributed by atoms with Crippen LogP contribution in [0.4, 0.5) is 0 Å². The van der Waals surface area contributed by atoms with Crippen molar-refractivity contribution in [1.82, 2.24) is 4.90 Å². The van der Waals surface area contributed by atoms with Gasteiger partial charge in [0.05, 0.1) is 0 Å². The highest BCUT2D eigenvalue weighted by atomic mass is 15.1. The number of benzene rings is 2. The van der Waals surface area contributed by atoms with Crippen molar-refractivity contribution in [3.63, 3.8) is 0 Å². The minimum atomic E-state index is 1.01. The molecule has 0 aliphatic heterocycles. The summed E-state index contributed by atoms with van der Waals surface area (Å²) in [7, 11) is 2.15. The maximum absolute atomic E-state index is 2.31. The van der Waals surface area contributed by atoms with E-state index in [0.717, 1.165) is 13.1 Å². The highest BCUT2D eigenvalue weighted by Gasteiger charge is 2.01. The Bertz CT molecular complexity index is 499. The summed E-state index contributed by atoms with van der Waals surface area (Å²) in [6.07, 6.45) is 0. The summed E-state index contributed by atoms with van der Waals surface area (Å²) in [5.74, 6) is 0. The van der Waals surface area contributed by atoms with E-state index in [1.54, 1.807) is 0 Å². The first-order valence-corrected chi connectivity index (χ1v) is 6.53. The highest BCUT2D eigenvalue weighted by Crippen LogP contribution is 2.21. The van der Waals surface area contributed by atoms with Crippen LogP contribution >= 0.6 is 0 Å². The summed E-state index contributed by atoms with van der Waals surface area (Å²) in [4.78, 5) is 2.31. The van der Waals surface area contributed by atoms with Crippen LogP contribution in [0.1, 0.15) is 18.1 Å². The van der Waals surface area contributed by atoms with Gasteiger partial charge in [-0.15, -0.1) is 0 Å². The number of hydrogen-bond donors (Lipinski definition) is 0. The summed E-state index contributed by atoms with van der Waals surface area (Å²) >= 11 is 0. The molecule has 1 heteroatoms. The Morgan fingerprint density at radius 2 is 1.67 bits per heavy atom. The average molecular weight is 239 g/mol. The molecule has 18 heavy (non-hydrogen) atoms. The van der Waals surface area contributed by atoms with Gasteiger partial charge < -0.3 is 4.90 Å². The van der Waals surface area contributed by atoms with Gasteiger partial charge in [-0.1, -0.05) is 55.0 Å². The smallest absolute Gasteiger partial charge is 0.0230 e. The maximum Gasteiger partial charge on any atom is 0.0230 e. The van der Waals surface area contributed by atoms with Crippen molar-refractivity contribution in [1.29, 1.82) is 0 Å². The van der Waals surface area contributed by atoms with Gasteiger partial charge in [-0.3, -0.25) is 0 Å². The summed E-state index contributed by atoms with van der Waals surface area (Å²) in [5.41, 5.74) is 5.27. The molecule has 0 saturated carbocycles. The third-order valence-electron chi connectivity index (χ3n) is 3.30. The lowest BCUT2D eigenvalue weighted by atomic mass is 10.0. The molecular formula is C17H21N. The van der Waals surface area contributed by atoms with E-state index in [9.17, 15) is 0 Å². The molecule has 0 fully saturated rings. The number of nitrogens with zero attached hydrogens (tertiary/aromatic N) is 1. The second-order valence-corrected chi connectivity index (χ2v) is 4.90. The van der Waals surface area contributed by atoms with E-state index in [2.05, 4.69) is 74.3 Å². The first kappa shape index (κ1) is 12.8. The fraction of sp³-hybridized carbons (Fsp3) is 0.294. The summed E-state index contributed by atoms with van der Waals surface area (Å²) in [6.45, 7) is 6.39. The topological polar surface area (TPSA) is 3.24 Å². The first-order valence-electron chi connectivity index (χ1n) is 6.53. The van der Waals surface area contributed by atoms with E-state index in [0.29, 0.717) is 0 Å². The van der Waals surface area contributed by atoms with Crippen LogP contribution in [0.3, 0.4) is 0 Å². The zero-order valence-electron chi connectivity index (χ0n) is 11.5. The van der Waals surface area contributed by atoms with Crippen molar-refractivity contribution < 1.29 is 0 Å². The van der Waals surface area contributed by atoms with E-state index < -0.39 is 0 Å². The van der Waals surface area contributed by atoms with E-state index in [4.69, 9.17) is 0 Å². The van der Waals surface area contributed by atoms with Crippen molar-refractivity contribution >= 4 is 0 Å². The SMILES string of the molecule is CCN(C)Cc1cccc(-c2ccc(C)cc2)c1. The van der Waals surface area contributed by atoms with Crippen LogP contribution in [0.5, 0.6) is 0 Å². The first-order chi connectivity index (χ1) is 8.69. The van der Waals surface area contributed by atoms with Gasteiger partial charge in [0, 0.05) is 6.54 Å². The molecule has 0 atom stereocenters. The van der Waals surface area contributed by atoms with Gasteiger partial charge in [-0.05, 0) is 43.3 Å². The molecule has 0 amide bonds. The Morgan fingerprint density at radius 3 is 2.33 bits per heavy atom. The largest absolute Gasteiger partial charge is 0.302 e. The predicted molar refractivity (Wildman–Crippen MR) is 78.6 cm³/mol. The Kier molecular flexibility index (Phi) is 4.16. The predicted octanol–water partition coefficient (Wildman–Crippen LogP) is 4.11. The third-order valence-corrected chi connectivity index (χ3v) is 3.30. The molecule has 94 valence electrons. The van der Waals surface area contributed by atoms with Crippen molar-refractivity contribution in [2.24, 2.45) is 0 Å². The lowest BCUT2D eigenvalue weighted by Crippen LogP contribution is -2.16. The standard InChI is InChI=1S/C17H21N/c1-4-18(3)13-15-6-5-7-17(12-15)16-10-8-14(2)9-11-16/h5-12H,4,13H2,1-3H3. The van der Waals surface area contributed by atoms with Gasteiger partial charge in [0.2, 0.25) is 0 Å². The molecular weight excluding hydrogens is 218 g/mol. The monoisotopic (exact) mass is 239 g/mol. The molecule has 0 aromatic heterocycles. The molecule has 0 saturated heterocycles. The fourth-order valence-electron chi connectivity index (χ4n) is 2.02. The van der Waals surface area contributed by atoms with Gasteiger partial charge in [-0.25, -0.2) is 0 Å². The van der Waals surface area contributed by atoms with Crippen LogP contribution in [0.2, 0.25) is 0 Å². The minimum Gasteiger partial charge on any atom is -0.302 e. The number of hydrogen-bond acceptors (Lipinski definition) is 1. The number of aryl methyl sites for hydroxylation is 1. The van der Waals surface area contributed by atoms with E-state index in [1.807, 2.05) is 0 Å². The quantitative estimate of drug-likeness (QED) is 0.776. The summed E-state index contributed by atoms with van der Waals surface area (Å²) in [5, 5.41) is 0. The molecule has 2 rings (SSSR count). The molecule has 0 bridgehead atoms. The molecule has 2 aromatic carbocycles. The summed E-state index contributed by atoms with van der Waals surface area (Å²) < 4.78 is 0. The van der Waals surface area contributed by atoms with Crippen molar-refractivity contribution in [3.8, 4) is 11.1 Å². The van der Waals surface area contributed by atoms with Crippen LogP contribution < -0.4 is 0 Å². The molecule has 0 aliphatic rings. The molecule has 0 radical (unpaired) electrons. The van der Waals surface area contributed by atoms with Crippen LogP contribution in [0.15, 0.2) is 48.5 Å². The van der Waals surface area contributed by atoms with Crippen LogP contribution in [-0.4, -0.2) is 18.5 Å². The lowest BCUT2D eigenvalue weighted by Gasteiger charge is -2.14. The average Bonchev–Trinajstić information content (AvgIpc) is 2.40. The zero-order valence-corrected chi connectivity index (χ0v) is 11.5. The van der Waals surface area contributed by atoms with E-state index >= 15 is 0 Å². The normalized spacial score (nSPS) is 10.9. The Morgan fingerprint density at radius 1 is 0.944 bits per heavy atom. The molecule has 0 unspecified atom stereocenters. The fourth-order valence-corrected chi connectivity index (χ4v) is 2.02. The Hall–Kier alpha value is -1.60. The molecule has 0 spiro atoms. The second kappa shape index (κ2) is 5.83. The molecule has 2 aromatic rings. The Balaban J connectivity index is 2.24. The van der Waals surface area contributed by atoms with Crippen molar-refractivity contribution in [2.75, 3.05) is 13.6 Å². The van der Waals surface area contributed by atoms with Gasteiger partial charge >= 0.3 is 0 Å². The van der Waals surface area contributed by atoms with Crippen molar-refractivity contribution in [2.45, 2.75) is 20.4 Å². The Labute approximate surface area is 110 Å². The molecule has 1 nitrogen and oxygen atoms in total. The second-order valence-electron chi connectivity index (χ2n) is 4.90.